The molecule has 0 radical (unpaired) electrons. The van der Waals surface area contributed by atoms with Crippen molar-refractivity contribution in [3.63, 3.8) is 0 Å². The molecule has 0 bridgehead atoms. The van der Waals surface area contributed by atoms with Gasteiger partial charge in [-0.25, -0.2) is 9.37 Å². The van der Waals surface area contributed by atoms with Crippen molar-refractivity contribution in [2.45, 2.75) is 38.5 Å². The SMILES string of the molecule is C=C(F)C(=O)N1CCN(c2nc(N3CC(N(CC)CC)C3)nc(C=O)c2/C=N\N(C)c2cccc(Br)c2C(F)(F)F)CC1CC#N. The fraction of sp³-hybridized carbons (Fsp3) is 0.467. The first-order chi connectivity index (χ1) is 21.8. The minimum atomic E-state index is -4.68. The summed E-state index contributed by atoms with van der Waals surface area (Å²) in [6.07, 6.45) is -3.04. The third-order valence-corrected chi connectivity index (χ3v) is 8.78. The third-order valence-electron chi connectivity index (χ3n) is 8.11. The second-order valence-electron chi connectivity index (χ2n) is 10.8. The number of alkyl halides is 3. The van der Waals surface area contributed by atoms with Crippen LogP contribution in [0.1, 0.15) is 41.9 Å². The number of anilines is 3. The normalized spacial score (nSPS) is 17.3. The minimum Gasteiger partial charge on any atom is -0.352 e. The number of nitriles is 1. The highest BCUT2D eigenvalue weighted by Gasteiger charge is 2.38. The maximum Gasteiger partial charge on any atom is 0.419 e. The van der Waals surface area contributed by atoms with Gasteiger partial charge in [0.25, 0.3) is 5.91 Å². The Morgan fingerprint density at radius 3 is 2.48 bits per heavy atom. The summed E-state index contributed by atoms with van der Waals surface area (Å²) in [5.74, 6) is -1.54. The number of nitrogens with zero attached hydrogens (tertiary/aromatic N) is 9. The van der Waals surface area contributed by atoms with Crippen LogP contribution in [-0.4, -0.2) is 103 Å². The number of hydrogen-bond donors (Lipinski definition) is 0. The molecule has 16 heteroatoms. The average molecular weight is 709 g/mol. The molecule has 2 fully saturated rings. The number of hydrazone groups is 1. The highest BCUT2D eigenvalue weighted by Crippen LogP contribution is 2.41. The second-order valence-corrected chi connectivity index (χ2v) is 11.7. The number of rotatable bonds is 11. The van der Waals surface area contributed by atoms with Crippen molar-refractivity contribution in [1.82, 2.24) is 19.8 Å². The Morgan fingerprint density at radius 2 is 1.89 bits per heavy atom. The summed E-state index contributed by atoms with van der Waals surface area (Å²) in [6, 6.07) is 5.56. The van der Waals surface area contributed by atoms with E-state index in [2.05, 4.69) is 51.3 Å². The number of hydrogen-bond acceptors (Lipinski definition) is 10. The van der Waals surface area contributed by atoms with E-state index in [1.165, 1.54) is 36.4 Å². The van der Waals surface area contributed by atoms with Crippen molar-refractivity contribution in [3.8, 4) is 6.07 Å². The Hall–Kier alpha value is -4.10. The van der Waals surface area contributed by atoms with E-state index in [4.69, 9.17) is 4.98 Å². The number of carbonyl (C=O) groups excluding carboxylic acids is 2. The van der Waals surface area contributed by atoms with Gasteiger partial charge >= 0.3 is 6.18 Å². The molecule has 0 aliphatic carbocycles. The molecule has 2 aromatic rings. The standard InChI is InChI=1S/C30H34BrF4N9O2/c1-5-41(6-2)21-16-43(17-21)29-38-24(18-45)22(14-37-40(4)25-9-7-8-23(31)26(25)30(33,34)35)27(39-29)42-12-13-44(28(46)19(3)32)20(15-42)10-11-36/h7-9,14,18,20-21H,3,5-6,10,12-13,15-17H2,1-2,4H3/b37-14-. The van der Waals surface area contributed by atoms with Gasteiger partial charge in [0.2, 0.25) is 5.95 Å². The first-order valence-corrected chi connectivity index (χ1v) is 15.4. The van der Waals surface area contributed by atoms with Gasteiger partial charge in [-0.05, 0) is 25.2 Å². The van der Waals surface area contributed by atoms with E-state index in [0.717, 1.165) is 18.1 Å². The highest BCUT2D eigenvalue weighted by molar-refractivity contribution is 9.10. The van der Waals surface area contributed by atoms with Crippen molar-refractivity contribution >= 4 is 51.8 Å². The molecule has 1 unspecified atom stereocenters. The Kier molecular flexibility index (Phi) is 11.0. The number of aromatic nitrogens is 2. The van der Waals surface area contributed by atoms with Gasteiger partial charge in [0.1, 0.15) is 11.5 Å². The molecule has 1 aromatic carbocycles. The Morgan fingerprint density at radius 1 is 1.20 bits per heavy atom. The predicted octanol–water partition coefficient (Wildman–Crippen LogP) is 4.49. The Bertz CT molecular complexity index is 1540. The van der Waals surface area contributed by atoms with E-state index >= 15 is 0 Å². The van der Waals surface area contributed by atoms with Crippen LogP contribution in [0.2, 0.25) is 0 Å². The molecule has 0 spiro atoms. The summed E-state index contributed by atoms with van der Waals surface area (Å²) >= 11 is 2.97. The quantitative estimate of drug-likeness (QED) is 0.110. The van der Waals surface area contributed by atoms with E-state index in [1.54, 1.807) is 4.90 Å². The zero-order valence-electron chi connectivity index (χ0n) is 25.6. The monoisotopic (exact) mass is 707 g/mol. The highest BCUT2D eigenvalue weighted by atomic mass is 79.9. The number of likely N-dealkylation sites (N-methyl/N-ethyl adjacent to an activating group) is 1. The maximum absolute atomic E-state index is 13.9. The molecular formula is C30H34BrF4N9O2. The molecular weight excluding hydrogens is 674 g/mol. The van der Waals surface area contributed by atoms with Gasteiger partial charge in [-0.2, -0.15) is 28.5 Å². The van der Waals surface area contributed by atoms with Gasteiger partial charge in [-0.3, -0.25) is 19.5 Å². The van der Waals surface area contributed by atoms with Crippen LogP contribution < -0.4 is 14.8 Å². The number of carbonyl (C=O) groups is 2. The van der Waals surface area contributed by atoms with E-state index in [0.29, 0.717) is 19.4 Å². The third kappa shape index (κ3) is 7.31. The lowest BCUT2D eigenvalue weighted by Gasteiger charge is -2.45. The average Bonchev–Trinajstić information content (AvgIpc) is 3.00. The minimum absolute atomic E-state index is 0.0289. The maximum atomic E-state index is 13.9. The van der Waals surface area contributed by atoms with Crippen molar-refractivity contribution in [2.24, 2.45) is 5.10 Å². The predicted molar refractivity (Wildman–Crippen MR) is 170 cm³/mol. The largest absolute Gasteiger partial charge is 0.419 e. The van der Waals surface area contributed by atoms with Crippen LogP contribution in [0.5, 0.6) is 0 Å². The number of benzene rings is 1. The van der Waals surface area contributed by atoms with E-state index in [-0.39, 0.29) is 65.3 Å². The topological polar surface area (TPSA) is 112 Å². The molecule has 246 valence electrons. The van der Waals surface area contributed by atoms with Crippen molar-refractivity contribution in [1.29, 1.82) is 5.26 Å². The lowest BCUT2D eigenvalue weighted by molar-refractivity contribution is -0.137. The lowest BCUT2D eigenvalue weighted by Crippen LogP contribution is -2.60. The van der Waals surface area contributed by atoms with Gasteiger partial charge in [-0.1, -0.05) is 42.4 Å². The zero-order chi connectivity index (χ0) is 33.8. The van der Waals surface area contributed by atoms with Crippen LogP contribution in [0.15, 0.2) is 40.2 Å². The molecule has 0 N–H and O–H groups in total. The molecule has 4 rings (SSSR count). The number of piperazine rings is 1. The Labute approximate surface area is 272 Å². The summed E-state index contributed by atoms with van der Waals surface area (Å²) in [5.41, 5.74) is -1.06. The van der Waals surface area contributed by atoms with Crippen LogP contribution in [0.3, 0.4) is 0 Å². The molecule has 1 aromatic heterocycles. The fourth-order valence-corrected chi connectivity index (χ4v) is 6.25. The molecule has 2 saturated heterocycles. The lowest BCUT2D eigenvalue weighted by atomic mass is 10.1. The molecule has 1 atom stereocenters. The van der Waals surface area contributed by atoms with E-state index in [1.807, 2.05) is 11.0 Å². The van der Waals surface area contributed by atoms with Crippen LogP contribution in [0, 0.1) is 11.3 Å². The second kappa shape index (κ2) is 14.5. The van der Waals surface area contributed by atoms with Gasteiger partial charge in [0.15, 0.2) is 12.1 Å². The smallest absolute Gasteiger partial charge is 0.352 e. The molecule has 3 heterocycles. The summed E-state index contributed by atoms with van der Waals surface area (Å²) in [7, 11) is 1.34. The molecule has 46 heavy (non-hydrogen) atoms. The molecule has 11 nitrogen and oxygen atoms in total. The summed E-state index contributed by atoms with van der Waals surface area (Å²) < 4.78 is 55.4. The summed E-state index contributed by atoms with van der Waals surface area (Å²) in [6.45, 7) is 10.5. The van der Waals surface area contributed by atoms with Gasteiger partial charge in [0.05, 0.1) is 41.6 Å². The molecule has 1 amide bonds. The Balaban J connectivity index is 1.76. The summed E-state index contributed by atoms with van der Waals surface area (Å²) in [4.78, 5) is 41.4. The number of halogens is 5. The zero-order valence-corrected chi connectivity index (χ0v) is 27.2. The van der Waals surface area contributed by atoms with Gasteiger partial charge in [-0.15, -0.1) is 0 Å². The van der Waals surface area contributed by atoms with Crippen molar-refractivity contribution < 1.29 is 27.2 Å². The fourth-order valence-electron chi connectivity index (χ4n) is 5.67. The molecule has 2 aliphatic rings. The molecule has 0 saturated carbocycles. The van der Waals surface area contributed by atoms with Crippen LogP contribution in [0.4, 0.5) is 35.0 Å². The number of amides is 1. The summed E-state index contributed by atoms with van der Waals surface area (Å²) in [5, 5.41) is 14.7. The number of aldehydes is 1. The van der Waals surface area contributed by atoms with Crippen LogP contribution in [0.25, 0.3) is 0 Å². The first-order valence-electron chi connectivity index (χ1n) is 14.6. The van der Waals surface area contributed by atoms with Crippen LogP contribution >= 0.6 is 15.9 Å². The van der Waals surface area contributed by atoms with Crippen LogP contribution in [-0.2, 0) is 11.0 Å². The van der Waals surface area contributed by atoms with Crippen molar-refractivity contribution in [2.75, 3.05) is 67.7 Å². The van der Waals surface area contributed by atoms with Gasteiger partial charge < -0.3 is 14.7 Å². The first kappa shape index (κ1) is 34.8. The van der Waals surface area contributed by atoms with E-state index in [9.17, 15) is 32.4 Å². The van der Waals surface area contributed by atoms with E-state index < -0.39 is 29.5 Å². The van der Waals surface area contributed by atoms with Crippen molar-refractivity contribution in [3.05, 3.63) is 51.9 Å². The van der Waals surface area contributed by atoms with Gasteiger partial charge in [0, 0.05) is 50.3 Å². The molecule has 2 aliphatic heterocycles.